The number of halogens is 1. The summed E-state index contributed by atoms with van der Waals surface area (Å²) >= 11 is 6.05. The zero-order chi connectivity index (χ0) is 23.1. The second-order valence-electron chi connectivity index (χ2n) is 7.62. The Labute approximate surface area is 191 Å². The number of aromatic nitrogens is 2. The molecule has 33 heavy (non-hydrogen) atoms. The Kier molecular flexibility index (Phi) is 5.14. The molecule has 0 spiro atoms. The smallest absolute Gasteiger partial charge is 0.332 e. The molecule has 0 unspecified atom stereocenters. The lowest BCUT2D eigenvalue weighted by molar-refractivity contribution is -0.116. The fourth-order valence-electron chi connectivity index (χ4n) is 3.80. The van der Waals surface area contributed by atoms with E-state index >= 15 is 0 Å². The number of aryl methyl sites for hydroxylation is 1. The van der Waals surface area contributed by atoms with Gasteiger partial charge in [0.05, 0.1) is 12.8 Å². The number of nitrogens with one attached hydrogen (secondary N) is 1. The predicted molar refractivity (Wildman–Crippen MR) is 125 cm³/mol. The molecule has 8 nitrogen and oxygen atoms in total. The average molecular weight is 464 g/mol. The summed E-state index contributed by atoms with van der Waals surface area (Å²) in [5.74, 6) is -0.0209. The quantitative estimate of drug-likeness (QED) is 0.422. The molecule has 0 fully saturated rings. The fourth-order valence-corrected chi connectivity index (χ4v) is 3.97. The molecule has 5 rings (SSSR count). The van der Waals surface area contributed by atoms with E-state index in [9.17, 15) is 14.4 Å². The van der Waals surface area contributed by atoms with Crippen molar-refractivity contribution >= 4 is 45.3 Å². The van der Waals surface area contributed by atoms with Gasteiger partial charge in [-0.25, -0.2) is 9.36 Å². The topological polar surface area (TPSA) is 99.4 Å². The van der Waals surface area contributed by atoms with E-state index in [-0.39, 0.29) is 24.2 Å². The Morgan fingerprint density at radius 3 is 2.67 bits per heavy atom. The van der Waals surface area contributed by atoms with Crippen LogP contribution in [0.5, 0.6) is 0 Å². The number of benzene rings is 2. The number of carbonyl (C=O) groups is 1. The third kappa shape index (κ3) is 3.74. The second-order valence-corrected chi connectivity index (χ2v) is 8.06. The zero-order valence-electron chi connectivity index (χ0n) is 17.5. The number of hydrogen-bond acceptors (Lipinski definition) is 5. The van der Waals surface area contributed by atoms with Crippen LogP contribution in [0.2, 0.25) is 5.02 Å². The maximum atomic E-state index is 13.4. The minimum absolute atomic E-state index is 0.00547. The first-order valence-corrected chi connectivity index (χ1v) is 10.5. The molecule has 9 heteroatoms. The lowest BCUT2D eigenvalue weighted by atomic mass is 10.2. The van der Waals surface area contributed by atoms with Crippen LogP contribution in [0.3, 0.4) is 0 Å². The van der Waals surface area contributed by atoms with E-state index in [1.165, 1.54) is 10.8 Å². The van der Waals surface area contributed by atoms with Crippen molar-refractivity contribution in [1.82, 2.24) is 9.13 Å². The molecular formula is C24H18ClN3O5. The van der Waals surface area contributed by atoms with Gasteiger partial charge in [0.15, 0.2) is 0 Å². The Bertz CT molecular complexity index is 1630. The van der Waals surface area contributed by atoms with Crippen LogP contribution in [0.4, 0.5) is 5.69 Å². The second kappa shape index (κ2) is 8.14. The van der Waals surface area contributed by atoms with Gasteiger partial charge in [-0.1, -0.05) is 29.8 Å². The molecule has 1 amide bonds. The van der Waals surface area contributed by atoms with Crippen molar-refractivity contribution in [2.45, 2.75) is 20.0 Å². The minimum Gasteiger partial charge on any atom is -0.467 e. The molecule has 1 N–H and O–H groups in total. The van der Waals surface area contributed by atoms with Gasteiger partial charge in [0.25, 0.3) is 5.56 Å². The zero-order valence-corrected chi connectivity index (χ0v) is 18.3. The van der Waals surface area contributed by atoms with Crippen LogP contribution in [-0.4, -0.2) is 15.0 Å². The average Bonchev–Trinajstić information content (AvgIpc) is 3.44. The van der Waals surface area contributed by atoms with Crippen molar-refractivity contribution in [3.8, 4) is 0 Å². The normalized spacial score (nSPS) is 11.3. The molecule has 5 aromatic rings. The lowest BCUT2D eigenvalue weighted by Crippen LogP contribution is -2.41. The van der Waals surface area contributed by atoms with Gasteiger partial charge in [0.1, 0.15) is 23.4 Å². The molecule has 166 valence electrons. The van der Waals surface area contributed by atoms with E-state index in [2.05, 4.69) is 5.32 Å². The van der Waals surface area contributed by atoms with Crippen LogP contribution in [0, 0.1) is 6.92 Å². The van der Waals surface area contributed by atoms with Gasteiger partial charge in [-0.2, -0.15) is 0 Å². The van der Waals surface area contributed by atoms with Gasteiger partial charge in [-0.05, 0) is 48.9 Å². The monoisotopic (exact) mass is 463 g/mol. The van der Waals surface area contributed by atoms with Crippen molar-refractivity contribution in [2.75, 3.05) is 5.32 Å². The van der Waals surface area contributed by atoms with Gasteiger partial charge >= 0.3 is 5.69 Å². The molecule has 0 aliphatic rings. The number of carbonyl (C=O) groups excluding carboxylic acids is 1. The van der Waals surface area contributed by atoms with E-state index < -0.39 is 17.2 Å². The van der Waals surface area contributed by atoms with Gasteiger partial charge in [-0.3, -0.25) is 14.2 Å². The van der Waals surface area contributed by atoms with Crippen LogP contribution in [0.1, 0.15) is 11.3 Å². The number of para-hydroxylation sites is 1. The van der Waals surface area contributed by atoms with Crippen molar-refractivity contribution in [2.24, 2.45) is 0 Å². The molecule has 2 aromatic carbocycles. The SMILES string of the molecule is Cc1ccc(Cl)cc1NC(=O)Cn1c(=O)n(Cc2ccco2)c(=O)c2oc3ccccc3c21. The largest absolute Gasteiger partial charge is 0.467 e. The maximum Gasteiger partial charge on any atom is 0.332 e. The summed E-state index contributed by atoms with van der Waals surface area (Å²) in [5, 5.41) is 3.84. The minimum atomic E-state index is -0.645. The number of furan rings is 2. The summed E-state index contributed by atoms with van der Waals surface area (Å²) in [6.45, 7) is 1.42. The van der Waals surface area contributed by atoms with E-state index in [0.717, 1.165) is 10.1 Å². The van der Waals surface area contributed by atoms with Crippen LogP contribution >= 0.6 is 11.6 Å². The van der Waals surface area contributed by atoms with Crippen molar-refractivity contribution in [3.63, 3.8) is 0 Å². The first-order chi connectivity index (χ1) is 15.9. The number of hydrogen-bond donors (Lipinski definition) is 1. The molecule has 0 saturated heterocycles. The highest BCUT2D eigenvalue weighted by Crippen LogP contribution is 2.26. The first kappa shape index (κ1) is 20.8. The molecule has 0 bridgehead atoms. The molecule has 3 aromatic heterocycles. The summed E-state index contributed by atoms with van der Waals surface area (Å²) in [6, 6.07) is 15.5. The Balaban J connectivity index is 1.66. The molecule has 0 atom stereocenters. The predicted octanol–water partition coefficient (Wildman–Crippen LogP) is 4.15. The third-order valence-electron chi connectivity index (χ3n) is 5.41. The Morgan fingerprint density at radius 2 is 1.88 bits per heavy atom. The van der Waals surface area contributed by atoms with Gasteiger partial charge in [-0.15, -0.1) is 0 Å². The molecular weight excluding hydrogens is 446 g/mol. The third-order valence-corrected chi connectivity index (χ3v) is 5.64. The molecule has 0 radical (unpaired) electrons. The fraction of sp³-hybridized carbons (Fsp3) is 0.125. The van der Waals surface area contributed by atoms with Crippen molar-refractivity contribution in [3.05, 3.63) is 98.0 Å². The van der Waals surface area contributed by atoms with E-state index in [1.54, 1.807) is 54.6 Å². The van der Waals surface area contributed by atoms with Crippen LogP contribution < -0.4 is 16.6 Å². The number of rotatable bonds is 5. The van der Waals surface area contributed by atoms with E-state index in [0.29, 0.717) is 27.4 Å². The van der Waals surface area contributed by atoms with E-state index in [1.807, 2.05) is 6.92 Å². The highest BCUT2D eigenvalue weighted by molar-refractivity contribution is 6.31. The number of nitrogens with zero attached hydrogens (tertiary/aromatic N) is 2. The van der Waals surface area contributed by atoms with Gasteiger partial charge in [0, 0.05) is 16.1 Å². The van der Waals surface area contributed by atoms with Crippen LogP contribution in [-0.2, 0) is 17.9 Å². The summed E-state index contributed by atoms with van der Waals surface area (Å²) in [7, 11) is 0. The van der Waals surface area contributed by atoms with Gasteiger partial charge < -0.3 is 14.2 Å². The van der Waals surface area contributed by atoms with Crippen molar-refractivity contribution in [1.29, 1.82) is 0 Å². The summed E-state index contributed by atoms with van der Waals surface area (Å²) < 4.78 is 13.4. The Morgan fingerprint density at radius 1 is 1.06 bits per heavy atom. The standard InChI is InChI=1S/C24H18ClN3O5/c1-14-8-9-15(25)11-18(14)26-20(29)13-27-21-17-6-2-3-7-19(17)33-22(21)23(30)28(24(27)31)12-16-5-4-10-32-16/h2-11H,12-13H2,1H3,(H,26,29). The first-order valence-electron chi connectivity index (χ1n) is 10.2. The highest BCUT2D eigenvalue weighted by Gasteiger charge is 2.22. The maximum absolute atomic E-state index is 13.4. The highest BCUT2D eigenvalue weighted by atomic mass is 35.5. The Hall–Kier alpha value is -4.04. The molecule has 3 heterocycles. The number of anilines is 1. The molecule has 0 saturated carbocycles. The number of fused-ring (bicyclic) bond motifs is 3. The van der Waals surface area contributed by atoms with E-state index in [4.69, 9.17) is 20.4 Å². The van der Waals surface area contributed by atoms with Crippen LogP contribution in [0.25, 0.3) is 22.1 Å². The lowest BCUT2D eigenvalue weighted by Gasteiger charge is -2.13. The molecule has 0 aliphatic heterocycles. The van der Waals surface area contributed by atoms with Gasteiger partial charge in [0.2, 0.25) is 11.5 Å². The van der Waals surface area contributed by atoms with Crippen molar-refractivity contribution < 1.29 is 13.6 Å². The molecule has 0 aliphatic carbocycles. The summed E-state index contributed by atoms with van der Waals surface area (Å²) in [4.78, 5) is 39.5. The summed E-state index contributed by atoms with van der Waals surface area (Å²) in [6.07, 6.45) is 1.46. The van der Waals surface area contributed by atoms with Crippen LogP contribution in [0.15, 0.2) is 79.3 Å². The summed E-state index contributed by atoms with van der Waals surface area (Å²) in [5.41, 5.74) is 0.834. The number of amides is 1.